The molecule has 0 aliphatic carbocycles. The first-order chi connectivity index (χ1) is 12.9. The maximum absolute atomic E-state index is 13.8. The van der Waals surface area contributed by atoms with E-state index in [2.05, 4.69) is 20.0 Å². The second-order valence-electron chi connectivity index (χ2n) is 6.24. The Morgan fingerprint density at radius 2 is 2.07 bits per heavy atom. The van der Waals surface area contributed by atoms with Gasteiger partial charge in [0.2, 0.25) is 16.0 Å². The van der Waals surface area contributed by atoms with Crippen molar-refractivity contribution < 1.29 is 17.5 Å². The average Bonchev–Trinajstić information content (AvgIpc) is 3.05. The molecule has 27 heavy (non-hydrogen) atoms. The zero-order valence-electron chi connectivity index (χ0n) is 15.1. The summed E-state index contributed by atoms with van der Waals surface area (Å²) in [6, 6.07) is 7.12. The molecular weight excluding hydrogens is 373 g/mol. The van der Waals surface area contributed by atoms with Crippen LogP contribution in [-0.2, 0) is 20.5 Å². The molecule has 3 rings (SSSR count). The molecule has 0 amide bonds. The van der Waals surface area contributed by atoms with Crippen LogP contribution in [0.15, 0.2) is 36.5 Å². The van der Waals surface area contributed by atoms with Gasteiger partial charge in [0.1, 0.15) is 11.6 Å². The number of rotatable bonds is 7. The van der Waals surface area contributed by atoms with Gasteiger partial charge in [0.15, 0.2) is 0 Å². The summed E-state index contributed by atoms with van der Waals surface area (Å²) >= 11 is 0. The van der Waals surface area contributed by atoms with Gasteiger partial charge in [-0.25, -0.2) is 22.5 Å². The van der Waals surface area contributed by atoms with E-state index in [0.29, 0.717) is 24.9 Å². The average molecular weight is 395 g/mol. The third-order valence-corrected chi connectivity index (χ3v) is 5.74. The van der Waals surface area contributed by atoms with E-state index in [1.165, 1.54) is 25.3 Å². The largest absolute Gasteiger partial charge is 0.378 e. The Labute approximate surface area is 157 Å². The minimum absolute atomic E-state index is 0.128. The smallest absolute Gasteiger partial charge is 0.224 e. The number of nitrogens with zero attached hydrogens (tertiary/aromatic N) is 3. The normalized spacial score (nSPS) is 20.0. The third kappa shape index (κ3) is 4.71. The van der Waals surface area contributed by atoms with E-state index in [4.69, 9.17) is 4.74 Å². The van der Waals surface area contributed by atoms with E-state index < -0.39 is 27.6 Å². The van der Waals surface area contributed by atoms with Gasteiger partial charge in [0.25, 0.3) is 0 Å². The van der Waals surface area contributed by atoms with Crippen LogP contribution in [0.5, 0.6) is 0 Å². The summed E-state index contributed by atoms with van der Waals surface area (Å²) in [6.07, 6.45) is 1.28. The number of ether oxygens (including phenoxy) is 1. The van der Waals surface area contributed by atoms with Crippen molar-refractivity contribution in [2.45, 2.75) is 17.9 Å². The van der Waals surface area contributed by atoms with Crippen LogP contribution < -0.4 is 14.9 Å². The lowest BCUT2D eigenvalue weighted by Crippen LogP contribution is -2.44. The summed E-state index contributed by atoms with van der Waals surface area (Å²) in [6.45, 7) is 0.860. The highest BCUT2D eigenvalue weighted by Crippen LogP contribution is 2.22. The maximum Gasteiger partial charge on any atom is 0.224 e. The maximum atomic E-state index is 13.8. The Hall–Kier alpha value is -2.30. The number of nitrogens with one attached hydrogen (secondary N) is 2. The van der Waals surface area contributed by atoms with Crippen molar-refractivity contribution in [1.29, 1.82) is 0 Å². The number of benzene rings is 1. The van der Waals surface area contributed by atoms with E-state index in [1.807, 2.05) is 4.90 Å². The summed E-state index contributed by atoms with van der Waals surface area (Å²) in [5, 5.41) is 2.87. The van der Waals surface area contributed by atoms with Crippen LogP contribution in [0.2, 0.25) is 0 Å². The molecule has 2 atom stereocenters. The SMILES string of the molecule is CNc1nccc(N2C[C@H](OC)[C@H](NS(=O)(=O)Cc3ccccc3F)C2)n1. The summed E-state index contributed by atoms with van der Waals surface area (Å²) < 4.78 is 46.9. The minimum atomic E-state index is -3.74. The van der Waals surface area contributed by atoms with Gasteiger partial charge in [-0.05, 0) is 12.1 Å². The van der Waals surface area contributed by atoms with Gasteiger partial charge >= 0.3 is 0 Å². The molecule has 2 heterocycles. The van der Waals surface area contributed by atoms with Crippen LogP contribution in [0.3, 0.4) is 0 Å². The molecule has 1 aliphatic rings. The Bertz CT molecular complexity index is 896. The van der Waals surface area contributed by atoms with Crippen molar-refractivity contribution >= 4 is 21.8 Å². The molecule has 0 radical (unpaired) electrons. The van der Waals surface area contributed by atoms with Crippen molar-refractivity contribution in [1.82, 2.24) is 14.7 Å². The van der Waals surface area contributed by atoms with Crippen molar-refractivity contribution in [3.05, 3.63) is 47.9 Å². The molecule has 146 valence electrons. The van der Waals surface area contributed by atoms with E-state index in [9.17, 15) is 12.8 Å². The van der Waals surface area contributed by atoms with Crippen molar-refractivity contribution in [2.24, 2.45) is 0 Å². The van der Waals surface area contributed by atoms with E-state index in [0.717, 1.165) is 0 Å². The zero-order chi connectivity index (χ0) is 19.4. The van der Waals surface area contributed by atoms with Crippen molar-refractivity contribution in [3.8, 4) is 0 Å². The molecule has 0 spiro atoms. The monoisotopic (exact) mass is 395 g/mol. The lowest BCUT2D eigenvalue weighted by molar-refractivity contribution is 0.104. The van der Waals surface area contributed by atoms with E-state index in [-0.39, 0.29) is 11.7 Å². The topological polar surface area (TPSA) is 96.5 Å². The molecular formula is C17H22FN5O3S. The lowest BCUT2D eigenvalue weighted by Gasteiger charge is -2.18. The van der Waals surface area contributed by atoms with Crippen LogP contribution in [-0.4, -0.2) is 57.8 Å². The standard InChI is InChI=1S/C17H22FN5O3S/c1-19-17-20-8-7-16(21-17)23-9-14(15(10-23)26-2)22-27(24,25)11-12-5-3-4-6-13(12)18/h3-8,14-15,22H,9-11H2,1-2H3,(H,19,20,21)/t14-,15+/m1/s1. The molecule has 1 saturated heterocycles. The number of hydrogen-bond acceptors (Lipinski definition) is 7. The molecule has 1 aromatic heterocycles. The molecule has 1 fully saturated rings. The molecule has 2 N–H and O–H groups in total. The first kappa shape index (κ1) is 19.5. The summed E-state index contributed by atoms with van der Waals surface area (Å²) in [5.74, 6) is 0.182. The van der Waals surface area contributed by atoms with Gasteiger partial charge in [0.05, 0.1) is 17.9 Å². The van der Waals surface area contributed by atoms with Crippen LogP contribution >= 0.6 is 0 Å². The van der Waals surface area contributed by atoms with E-state index in [1.54, 1.807) is 25.4 Å². The fourth-order valence-electron chi connectivity index (χ4n) is 3.05. The van der Waals surface area contributed by atoms with Gasteiger partial charge in [0, 0.05) is 39.0 Å². The van der Waals surface area contributed by atoms with Crippen LogP contribution in [0, 0.1) is 5.82 Å². The van der Waals surface area contributed by atoms with Crippen LogP contribution in [0.4, 0.5) is 16.2 Å². The minimum Gasteiger partial charge on any atom is -0.378 e. The highest BCUT2D eigenvalue weighted by molar-refractivity contribution is 7.88. The molecule has 1 aliphatic heterocycles. The zero-order valence-corrected chi connectivity index (χ0v) is 15.9. The lowest BCUT2D eigenvalue weighted by atomic mass is 10.2. The van der Waals surface area contributed by atoms with Crippen molar-refractivity contribution in [2.75, 3.05) is 37.5 Å². The third-order valence-electron chi connectivity index (χ3n) is 4.39. The van der Waals surface area contributed by atoms with Gasteiger partial charge in [-0.3, -0.25) is 0 Å². The highest BCUT2D eigenvalue weighted by Gasteiger charge is 2.36. The van der Waals surface area contributed by atoms with Gasteiger partial charge in [-0.15, -0.1) is 0 Å². The Balaban J connectivity index is 1.72. The summed E-state index contributed by atoms with van der Waals surface area (Å²) in [4.78, 5) is 10.4. The van der Waals surface area contributed by atoms with E-state index >= 15 is 0 Å². The first-order valence-corrected chi connectivity index (χ1v) is 10.1. The molecule has 10 heteroatoms. The number of anilines is 2. The molecule has 2 aromatic rings. The number of hydrogen-bond donors (Lipinski definition) is 2. The number of aromatic nitrogens is 2. The number of methoxy groups -OCH3 is 1. The highest BCUT2D eigenvalue weighted by atomic mass is 32.2. The number of sulfonamides is 1. The van der Waals surface area contributed by atoms with Gasteiger partial charge in [-0.2, -0.15) is 4.98 Å². The Kier molecular flexibility index (Phi) is 5.88. The van der Waals surface area contributed by atoms with Crippen molar-refractivity contribution in [3.63, 3.8) is 0 Å². The molecule has 0 bridgehead atoms. The second kappa shape index (κ2) is 8.15. The Morgan fingerprint density at radius 3 is 2.78 bits per heavy atom. The summed E-state index contributed by atoms with van der Waals surface area (Å²) in [7, 11) is -0.488. The molecule has 1 aromatic carbocycles. The van der Waals surface area contributed by atoms with Gasteiger partial charge < -0.3 is 15.0 Å². The van der Waals surface area contributed by atoms with Crippen LogP contribution in [0.25, 0.3) is 0 Å². The number of halogens is 1. The first-order valence-electron chi connectivity index (χ1n) is 8.44. The fraction of sp³-hybridized carbons (Fsp3) is 0.412. The Morgan fingerprint density at radius 1 is 1.30 bits per heavy atom. The molecule has 0 saturated carbocycles. The summed E-state index contributed by atoms with van der Waals surface area (Å²) in [5.41, 5.74) is 0.128. The second-order valence-corrected chi connectivity index (χ2v) is 8.00. The predicted octanol–water partition coefficient (Wildman–Crippen LogP) is 0.981. The van der Waals surface area contributed by atoms with Crippen LogP contribution in [0.1, 0.15) is 5.56 Å². The molecule has 8 nitrogen and oxygen atoms in total. The predicted molar refractivity (Wildman–Crippen MR) is 101 cm³/mol. The quantitative estimate of drug-likeness (QED) is 0.721. The van der Waals surface area contributed by atoms with Gasteiger partial charge in [-0.1, -0.05) is 18.2 Å². The molecule has 0 unspecified atom stereocenters. The fourth-order valence-corrected chi connectivity index (χ4v) is 4.47.